The van der Waals surface area contributed by atoms with Gasteiger partial charge in [0.2, 0.25) is 15.9 Å². The van der Waals surface area contributed by atoms with Crippen molar-refractivity contribution in [3.63, 3.8) is 0 Å². The molecule has 3 rings (SSSR count). The number of hydrogen-bond acceptors (Lipinski definition) is 4. The Balaban J connectivity index is 2.15. The Morgan fingerprint density at radius 1 is 1.17 bits per heavy atom. The summed E-state index contributed by atoms with van der Waals surface area (Å²) in [5.74, 6) is -0.0563. The molecule has 0 radical (unpaired) electrons. The van der Waals surface area contributed by atoms with E-state index >= 15 is 0 Å². The minimum absolute atomic E-state index is 0.0289. The molecule has 7 heteroatoms. The maximum Gasteiger partial charge on any atom is 0.238 e. The first kappa shape index (κ1) is 15.5. The van der Waals surface area contributed by atoms with Gasteiger partial charge in [0, 0.05) is 18.0 Å². The minimum Gasteiger partial charge on any atom is -0.380 e. The van der Waals surface area contributed by atoms with Crippen LogP contribution in [0.4, 0.5) is 11.4 Å². The molecule has 120 valence electrons. The normalized spacial score (nSPS) is 17.7. The molecule has 4 N–H and O–H groups in total. The van der Waals surface area contributed by atoms with Crippen molar-refractivity contribution in [2.45, 2.75) is 24.3 Å². The lowest BCUT2D eigenvalue weighted by Crippen LogP contribution is -2.19. The van der Waals surface area contributed by atoms with Crippen molar-refractivity contribution in [3.8, 4) is 11.1 Å². The zero-order valence-corrected chi connectivity index (χ0v) is 13.4. The van der Waals surface area contributed by atoms with Crippen LogP contribution in [0.15, 0.2) is 47.4 Å². The fourth-order valence-corrected chi connectivity index (χ4v) is 3.23. The van der Waals surface area contributed by atoms with Crippen molar-refractivity contribution in [2.24, 2.45) is 5.14 Å². The van der Waals surface area contributed by atoms with Crippen LogP contribution in [0.5, 0.6) is 0 Å². The molecule has 0 unspecified atom stereocenters. The zero-order valence-electron chi connectivity index (χ0n) is 12.5. The van der Waals surface area contributed by atoms with Gasteiger partial charge in [-0.05, 0) is 30.7 Å². The molecule has 1 atom stereocenters. The van der Waals surface area contributed by atoms with E-state index in [1.165, 1.54) is 12.1 Å². The monoisotopic (exact) mass is 331 g/mol. The predicted molar refractivity (Wildman–Crippen MR) is 89.6 cm³/mol. The van der Waals surface area contributed by atoms with Gasteiger partial charge in [-0.3, -0.25) is 4.79 Å². The van der Waals surface area contributed by atoms with Crippen molar-refractivity contribution in [1.29, 1.82) is 0 Å². The average Bonchev–Trinajstić information content (AvgIpc) is 2.62. The van der Waals surface area contributed by atoms with Crippen molar-refractivity contribution in [2.75, 3.05) is 10.6 Å². The maximum absolute atomic E-state index is 11.8. The van der Waals surface area contributed by atoms with Gasteiger partial charge in [0.05, 0.1) is 16.3 Å². The first-order chi connectivity index (χ1) is 10.8. The molecule has 0 bridgehead atoms. The second kappa shape index (κ2) is 5.68. The van der Waals surface area contributed by atoms with Crippen molar-refractivity contribution in [1.82, 2.24) is 0 Å². The van der Waals surface area contributed by atoms with Crippen LogP contribution in [0.25, 0.3) is 11.1 Å². The first-order valence-electron chi connectivity index (χ1n) is 7.17. The predicted octanol–water partition coefficient (Wildman–Crippen LogP) is 2.14. The highest BCUT2D eigenvalue weighted by atomic mass is 32.2. The van der Waals surface area contributed by atoms with Crippen LogP contribution in [0.2, 0.25) is 0 Å². The summed E-state index contributed by atoms with van der Waals surface area (Å²) in [6.07, 6.45) is 0.366. The lowest BCUT2D eigenvalue weighted by molar-refractivity contribution is -0.116. The number of carbonyl (C=O) groups excluding carboxylic acids is 1. The van der Waals surface area contributed by atoms with E-state index in [1.54, 1.807) is 6.07 Å². The van der Waals surface area contributed by atoms with Crippen molar-refractivity contribution < 1.29 is 13.2 Å². The second-order valence-corrected chi connectivity index (χ2v) is 7.16. The standard InChI is InChI=1S/C16H17N3O3S/c1-10-8-15(20)19-14-7-3-6-13(16(14)18-10)11-4-2-5-12(9-11)23(17,21)22/h2-7,9-10,18H,8H2,1H3,(H,19,20)(H2,17,21,22)/t10-/m1/s1. The maximum atomic E-state index is 11.8. The topological polar surface area (TPSA) is 101 Å². The van der Waals surface area contributed by atoms with Crippen LogP contribution < -0.4 is 15.8 Å². The van der Waals surface area contributed by atoms with E-state index in [9.17, 15) is 13.2 Å². The number of carbonyl (C=O) groups is 1. The number of primary sulfonamides is 1. The highest BCUT2D eigenvalue weighted by Crippen LogP contribution is 2.37. The van der Waals surface area contributed by atoms with Crippen LogP contribution >= 0.6 is 0 Å². The number of nitrogens with two attached hydrogens (primary N) is 1. The van der Waals surface area contributed by atoms with E-state index in [-0.39, 0.29) is 16.8 Å². The number of nitrogens with one attached hydrogen (secondary N) is 2. The van der Waals surface area contributed by atoms with Crippen LogP contribution in [0.1, 0.15) is 13.3 Å². The Morgan fingerprint density at radius 3 is 2.65 bits per heavy atom. The Morgan fingerprint density at radius 2 is 1.91 bits per heavy atom. The molecule has 2 aromatic carbocycles. The molecular formula is C16H17N3O3S. The van der Waals surface area contributed by atoms with E-state index in [0.29, 0.717) is 17.7 Å². The minimum atomic E-state index is -3.77. The summed E-state index contributed by atoms with van der Waals surface area (Å²) in [6.45, 7) is 1.92. The molecule has 2 aromatic rings. The molecule has 0 saturated heterocycles. The third-order valence-corrected chi connectivity index (χ3v) is 4.61. The SMILES string of the molecule is C[C@@H]1CC(=O)Nc2cccc(-c3cccc(S(N)(=O)=O)c3)c2N1. The summed E-state index contributed by atoms with van der Waals surface area (Å²) >= 11 is 0. The van der Waals surface area contributed by atoms with Gasteiger partial charge in [0.25, 0.3) is 0 Å². The summed E-state index contributed by atoms with van der Waals surface area (Å²) < 4.78 is 23.1. The summed E-state index contributed by atoms with van der Waals surface area (Å²) in [5, 5.41) is 11.4. The molecule has 1 amide bonds. The molecule has 0 fully saturated rings. The Kier molecular flexibility index (Phi) is 3.83. The van der Waals surface area contributed by atoms with E-state index in [4.69, 9.17) is 5.14 Å². The number of rotatable bonds is 2. The lowest BCUT2D eigenvalue weighted by atomic mass is 10.0. The quantitative estimate of drug-likeness (QED) is 0.784. The fraction of sp³-hybridized carbons (Fsp3) is 0.188. The molecule has 1 heterocycles. The molecule has 23 heavy (non-hydrogen) atoms. The number of benzene rings is 2. The van der Waals surface area contributed by atoms with Gasteiger partial charge >= 0.3 is 0 Å². The summed E-state index contributed by atoms with van der Waals surface area (Å²) in [7, 11) is -3.77. The Bertz CT molecular complexity index is 878. The molecule has 1 aliphatic rings. The van der Waals surface area contributed by atoms with Gasteiger partial charge < -0.3 is 10.6 Å². The molecule has 0 aromatic heterocycles. The highest BCUT2D eigenvalue weighted by molar-refractivity contribution is 7.89. The molecular weight excluding hydrogens is 314 g/mol. The summed E-state index contributed by atoms with van der Waals surface area (Å²) in [6, 6.07) is 11.9. The number of para-hydroxylation sites is 1. The van der Waals surface area contributed by atoms with Gasteiger partial charge in [-0.15, -0.1) is 0 Å². The van der Waals surface area contributed by atoms with Gasteiger partial charge in [-0.1, -0.05) is 24.3 Å². The third kappa shape index (κ3) is 3.20. The van der Waals surface area contributed by atoms with Crippen molar-refractivity contribution in [3.05, 3.63) is 42.5 Å². The zero-order chi connectivity index (χ0) is 16.6. The van der Waals surface area contributed by atoms with Crippen molar-refractivity contribution >= 4 is 27.3 Å². The summed E-state index contributed by atoms with van der Waals surface area (Å²) in [4.78, 5) is 11.9. The lowest BCUT2D eigenvalue weighted by Gasteiger charge is -2.17. The van der Waals surface area contributed by atoms with Gasteiger partial charge in [0.1, 0.15) is 0 Å². The van der Waals surface area contributed by atoms with Gasteiger partial charge in [0.15, 0.2) is 0 Å². The number of sulfonamides is 1. The first-order valence-corrected chi connectivity index (χ1v) is 8.72. The number of amides is 1. The van der Waals surface area contributed by atoms with E-state index < -0.39 is 10.0 Å². The Hall–Kier alpha value is -2.38. The number of anilines is 2. The Labute approximate surface area is 134 Å². The second-order valence-electron chi connectivity index (χ2n) is 5.60. The fourth-order valence-electron chi connectivity index (χ4n) is 2.67. The average molecular weight is 331 g/mol. The van der Waals surface area contributed by atoms with Crippen LogP contribution in [0, 0.1) is 0 Å². The van der Waals surface area contributed by atoms with E-state index in [2.05, 4.69) is 10.6 Å². The van der Waals surface area contributed by atoms with Gasteiger partial charge in [-0.2, -0.15) is 0 Å². The third-order valence-electron chi connectivity index (χ3n) is 3.69. The molecule has 0 aliphatic carbocycles. The van der Waals surface area contributed by atoms with E-state index in [0.717, 1.165) is 11.3 Å². The molecule has 1 aliphatic heterocycles. The highest BCUT2D eigenvalue weighted by Gasteiger charge is 2.20. The number of fused-ring (bicyclic) bond motifs is 1. The molecule has 0 spiro atoms. The van der Waals surface area contributed by atoms with E-state index in [1.807, 2.05) is 31.2 Å². The smallest absolute Gasteiger partial charge is 0.238 e. The largest absolute Gasteiger partial charge is 0.380 e. The molecule has 0 saturated carbocycles. The van der Waals surface area contributed by atoms with Gasteiger partial charge in [-0.25, -0.2) is 13.6 Å². The summed E-state index contributed by atoms with van der Waals surface area (Å²) in [5.41, 5.74) is 2.97. The van der Waals surface area contributed by atoms with Crippen LogP contribution in [0.3, 0.4) is 0 Å². The molecule has 6 nitrogen and oxygen atoms in total. The van der Waals surface area contributed by atoms with Crippen LogP contribution in [-0.4, -0.2) is 20.4 Å². The van der Waals surface area contributed by atoms with Crippen LogP contribution in [-0.2, 0) is 14.8 Å². The number of hydrogen-bond donors (Lipinski definition) is 3.